The Balaban J connectivity index is 1.44. The van der Waals surface area contributed by atoms with Crippen molar-refractivity contribution in [1.82, 2.24) is 5.32 Å². The number of hydrogen-bond acceptors (Lipinski definition) is 18. The Bertz CT molecular complexity index is 1920. The van der Waals surface area contributed by atoms with Crippen LogP contribution in [0.5, 0.6) is 0 Å². The van der Waals surface area contributed by atoms with E-state index in [1.165, 1.54) is 173 Å². The number of ether oxygens (including phenoxy) is 6. The first-order valence-electron chi connectivity index (χ1n) is 37.0. The highest BCUT2D eigenvalue weighted by Gasteiger charge is 2.53. The van der Waals surface area contributed by atoms with Gasteiger partial charge in [0.1, 0.15) is 73.2 Å². The predicted molar refractivity (Wildman–Crippen MR) is 365 cm³/mol. The number of rotatable bonds is 57. The van der Waals surface area contributed by atoms with Crippen LogP contribution >= 0.6 is 0 Å². The molecular weight excluding hydrogens is 1190 g/mol. The molecule has 3 saturated heterocycles. The van der Waals surface area contributed by atoms with Gasteiger partial charge in [-0.3, -0.25) is 4.79 Å². The van der Waals surface area contributed by atoms with Crippen LogP contribution in [0.25, 0.3) is 0 Å². The molecule has 0 aromatic rings. The number of carbonyl (C=O) groups excluding carboxylic acids is 1. The Kier molecular flexibility index (Phi) is 50.4. The van der Waals surface area contributed by atoms with Gasteiger partial charge < -0.3 is 89.9 Å². The lowest BCUT2D eigenvalue weighted by Crippen LogP contribution is -2.66. The van der Waals surface area contributed by atoms with E-state index in [1.54, 1.807) is 6.08 Å². The zero-order valence-electron chi connectivity index (χ0n) is 57.5. The fourth-order valence-corrected chi connectivity index (χ4v) is 12.3. The number of amides is 1. The fraction of sp³-hybridized carbons (Fsp3) is 0.851. The Morgan fingerprint density at radius 1 is 0.387 bits per heavy atom. The summed E-state index contributed by atoms with van der Waals surface area (Å²) in [5.41, 5.74) is 0. The van der Waals surface area contributed by atoms with Crippen molar-refractivity contribution in [1.29, 1.82) is 0 Å². The van der Waals surface area contributed by atoms with Crippen molar-refractivity contribution in [3.8, 4) is 0 Å². The summed E-state index contributed by atoms with van der Waals surface area (Å²) in [7, 11) is 0. The summed E-state index contributed by atoms with van der Waals surface area (Å²) in [6, 6.07) is -0.998. The van der Waals surface area contributed by atoms with Gasteiger partial charge in [0, 0.05) is 6.42 Å². The number of unbranched alkanes of at least 4 members (excludes halogenated alkanes) is 33. The minimum absolute atomic E-state index is 0.225. The molecule has 19 nitrogen and oxygen atoms in total. The summed E-state index contributed by atoms with van der Waals surface area (Å²) in [5.74, 6) is -0.292. The lowest BCUT2D eigenvalue weighted by atomic mass is 9.96. The van der Waals surface area contributed by atoms with E-state index >= 15 is 0 Å². The van der Waals surface area contributed by atoms with Gasteiger partial charge in [0.15, 0.2) is 18.9 Å². The maximum absolute atomic E-state index is 13.4. The summed E-state index contributed by atoms with van der Waals surface area (Å²) < 4.78 is 34.4. The number of aliphatic hydroxyl groups excluding tert-OH is 11. The van der Waals surface area contributed by atoms with E-state index in [0.29, 0.717) is 12.8 Å². The van der Waals surface area contributed by atoms with Crippen LogP contribution in [-0.2, 0) is 33.2 Å². The number of carbonyl (C=O) groups is 1. The van der Waals surface area contributed by atoms with E-state index in [2.05, 4.69) is 67.8 Å². The Morgan fingerprint density at radius 2 is 0.720 bits per heavy atom. The summed E-state index contributed by atoms with van der Waals surface area (Å²) in [6.07, 6.45) is 41.9. The highest BCUT2D eigenvalue weighted by atomic mass is 16.8. The van der Waals surface area contributed by atoms with Gasteiger partial charge in [0.2, 0.25) is 5.91 Å². The van der Waals surface area contributed by atoms with Crippen molar-refractivity contribution in [3.63, 3.8) is 0 Å². The van der Waals surface area contributed by atoms with Gasteiger partial charge in [-0.1, -0.05) is 254 Å². The Labute approximate surface area is 560 Å². The summed E-state index contributed by atoms with van der Waals surface area (Å²) in [4.78, 5) is 13.4. The minimum atomic E-state index is -1.98. The second kappa shape index (κ2) is 55.4. The van der Waals surface area contributed by atoms with Crippen molar-refractivity contribution in [2.45, 2.75) is 375 Å². The molecule has 3 heterocycles. The lowest BCUT2D eigenvalue weighted by molar-refractivity contribution is -0.379. The van der Waals surface area contributed by atoms with Crippen molar-refractivity contribution in [2.24, 2.45) is 0 Å². The van der Waals surface area contributed by atoms with Crippen LogP contribution in [0.1, 0.15) is 271 Å². The molecule has 0 aliphatic carbocycles. The van der Waals surface area contributed by atoms with Crippen molar-refractivity contribution >= 4 is 5.91 Å². The molecule has 0 bridgehead atoms. The molecule has 1 amide bonds. The molecule has 0 saturated carbocycles. The molecule has 93 heavy (non-hydrogen) atoms. The first-order valence-corrected chi connectivity index (χ1v) is 37.0. The third-order valence-electron chi connectivity index (χ3n) is 18.3. The van der Waals surface area contributed by atoms with Gasteiger partial charge >= 0.3 is 0 Å². The average Bonchev–Trinajstić information content (AvgIpc) is 0.814. The lowest BCUT2D eigenvalue weighted by Gasteiger charge is -2.48. The SMILES string of the molecule is CCCCCCC/C=C\C/C=C\C/C=C\CCCCCCCCCCC(=O)NC(COC1OC(CO)C(OC2OC(CO)C(OC3OC(CO)C(O)C(O)C3O)C(O)C2O)C(O)C1O)C(O)/C=C/CC/C=C/CCCCCCCCCCCCCCCCCCCCC. The Hall–Kier alpha value is -2.51. The number of allylic oxidation sites excluding steroid dienone is 9. The third kappa shape index (κ3) is 36.8. The van der Waals surface area contributed by atoms with Crippen LogP contribution in [-0.4, -0.2) is 193 Å². The van der Waals surface area contributed by atoms with Gasteiger partial charge in [0.25, 0.3) is 0 Å². The molecule has 542 valence electrons. The minimum Gasteiger partial charge on any atom is -0.394 e. The van der Waals surface area contributed by atoms with Crippen LogP contribution in [0.15, 0.2) is 60.8 Å². The van der Waals surface area contributed by atoms with E-state index in [1.807, 2.05) is 6.08 Å². The normalized spacial score (nSPS) is 27.9. The molecule has 0 aromatic heterocycles. The second-order valence-electron chi connectivity index (χ2n) is 26.4. The van der Waals surface area contributed by atoms with Crippen molar-refractivity contribution < 1.29 is 89.4 Å². The zero-order chi connectivity index (χ0) is 67.5. The standard InChI is InChI=1S/C74H133NO18/c1-3-5-7-9-11-13-15-17-19-21-23-25-27-28-30-31-33-35-37-39-41-43-45-47-49-51-58(79)57(75-62(80)52-50-48-46-44-42-40-38-36-34-32-29-26-24-22-20-18-16-14-12-10-8-6-4-2)56-88-72-68(86)65(83)70(60(54-77)90-72)93-74-69(87)66(84)71(61(55-78)91-74)92-73-67(85)64(82)63(81)59(53-76)89-73/h16,18,22,24,29,32,41,43,49,51,57-61,63-74,76-79,81-87H,3-15,17,19-21,23,25-28,30-31,33-40,42,44-48,50,52-56H2,1-2H3,(H,75,80)/b18-16-,24-22-,32-29-,43-41+,51-49+. The molecule has 17 unspecified atom stereocenters. The van der Waals surface area contributed by atoms with Crippen molar-refractivity contribution in [3.05, 3.63) is 60.8 Å². The molecule has 3 aliphatic heterocycles. The summed E-state index contributed by atoms with van der Waals surface area (Å²) in [6.45, 7) is 1.72. The van der Waals surface area contributed by atoms with E-state index < -0.39 is 124 Å². The third-order valence-corrected chi connectivity index (χ3v) is 18.3. The van der Waals surface area contributed by atoms with Crippen LogP contribution in [0.4, 0.5) is 0 Å². The highest BCUT2D eigenvalue weighted by molar-refractivity contribution is 5.76. The summed E-state index contributed by atoms with van der Waals surface area (Å²) >= 11 is 0. The smallest absolute Gasteiger partial charge is 0.220 e. The molecule has 12 N–H and O–H groups in total. The van der Waals surface area contributed by atoms with Gasteiger partial charge in [-0.2, -0.15) is 0 Å². The summed E-state index contributed by atoms with van der Waals surface area (Å²) in [5, 5.41) is 121. The largest absolute Gasteiger partial charge is 0.394 e. The van der Waals surface area contributed by atoms with Gasteiger partial charge in [0.05, 0.1) is 38.6 Å². The molecule has 0 radical (unpaired) electrons. The van der Waals surface area contributed by atoms with Crippen LogP contribution in [0.3, 0.4) is 0 Å². The van der Waals surface area contributed by atoms with Gasteiger partial charge in [-0.25, -0.2) is 0 Å². The Morgan fingerprint density at radius 3 is 1.15 bits per heavy atom. The highest BCUT2D eigenvalue weighted by Crippen LogP contribution is 2.33. The monoisotopic (exact) mass is 1320 g/mol. The van der Waals surface area contributed by atoms with Crippen LogP contribution < -0.4 is 5.32 Å². The first kappa shape index (κ1) is 84.7. The average molecular weight is 1320 g/mol. The number of nitrogens with one attached hydrogen (secondary N) is 1. The van der Waals surface area contributed by atoms with Crippen LogP contribution in [0, 0.1) is 0 Å². The molecule has 3 fully saturated rings. The molecule has 3 aliphatic rings. The second-order valence-corrected chi connectivity index (χ2v) is 26.4. The molecule has 17 atom stereocenters. The molecule has 19 heteroatoms. The van der Waals surface area contributed by atoms with E-state index in [9.17, 15) is 61.0 Å². The maximum Gasteiger partial charge on any atom is 0.220 e. The van der Waals surface area contributed by atoms with E-state index in [4.69, 9.17) is 28.4 Å². The number of aliphatic hydroxyl groups is 11. The van der Waals surface area contributed by atoms with E-state index in [-0.39, 0.29) is 18.9 Å². The fourth-order valence-electron chi connectivity index (χ4n) is 12.3. The van der Waals surface area contributed by atoms with Gasteiger partial charge in [-0.15, -0.1) is 0 Å². The predicted octanol–water partition coefficient (Wildman–Crippen LogP) is 10.7. The number of hydrogen-bond donors (Lipinski definition) is 12. The van der Waals surface area contributed by atoms with E-state index in [0.717, 1.165) is 64.2 Å². The maximum atomic E-state index is 13.4. The van der Waals surface area contributed by atoms with Gasteiger partial charge in [-0.05, 0) is 70.6 Å². The topological polar surface area (TPSA) is 307 Å². The quantitative estimate of drug-likeness (QED) is 0.0199. The molecule has 3 rings (SSSR count). The van der Waals surface area contributed by atoms with Crippen LogP contribution in [0.2, 0.25) is 0 Å². The molecular formula is C74H133NO18. The van der Waals surface area contributed by atoms with Crippen molar-refractivity contribution in [2.75, 3.05) is 26.4 Å². The molecule has 0 spiro atoms. The zero-order valence-corrected chi connectivity index (χ0v) is 57.5. The first-order chi connectivity index (χ1) is 45.3. The molecule has 0 aromatic carbocycles.